The number of amides is 3. The van der Waals surface area contributed by atoms with Crippen LogP contribution in [0.15, 0.2) is 54.7 Å². The minimum absolute atomic E-state index is 0.250. The lowest BCUT2D eigenvalue weighted by molar-refractivity contribution is -0.132. The van der Waals surface area contributed by atoms with E-state index in [1.54, 1.807) is 19.7 Å². The zero-order valence-electron chi connectivity index (χ0n) is 24.7. The summed E-state index contributed by atoms with van der Waals surface area (Å²) in [5.74, 6) is 0.307. The van der Waals surface area contributed by atoms with Gasteiger partial charge in [0.25, 0.3) is 0 Å². The van der Waals surface area contributed by atoms with Crippen LogP contribution in [0, 0.1) is 0 Å². The first-order chi connectivity index (χ1) is 19.9. The molecular formula is C33H47N5O3. The number of hydrogen-bond acceptors (Lipinski definition) is 4. The number of aromatic nitrogens is 1. The van der Waals surface area contributed by atoms with Gasteiger partial charge in [-0.25, -0.2) is 0 Å². The van der Waals surface area contributed by atoms with Crippen molar-refractivity contribution in [3.05, 3.63) is 71.4 Å². The quantitative estimate of drug-likeness (QED) is 0.415. The van der Waals surface area contributed by atoms with Crippen LogP contribution >= 0.6 is 0 Å². The van der Waals surface area contributed by atoms with Crippen molar-refractivity contribution >= 4 is 29.6 Å². The number of fused-ring (bicyclic) bond motifs is 3. The maximum absolute atomic E-state index is 12.8. The van der Waals surface area contributed by atoms with E-state index in [0.717, 1.165) is 44.3 Å². The van der Waals surface area contributed by atoms with Gasteiger partial charge in [0.05, 0.1) is 0 Å². The van der Waals surface area contributed by atoms with Gasteiger partial charge in [0, 0.05) is 50.7 Å². The zero-order valence-corrected chi connectivity index (χ0v) is 24.7. The third kappa shape index (κ3) is 9.18. The summed E-state index contributed by atoms with van der Waals surface area (Å²) in [6.45, 7) is 4.31. The van der Waals surface area contributed by atoms with E-state index in [-0.39, 0.29) is 6.41 Å². The van der Waals surface area contributed by atoms with Gasteiger partial charge in [-0.1, -0.05) is 48.9 Å². The highest BCUT2D eigenvalue weighted by molar-refractivity contribution is 5.84. The normalized spacial score (nSPS) is 16.6. The molecule has 3 aromatic rings. The Labute approximate surface area is 244 Å². The molecule has 3 heterocycles. The molecule has 8 nitrogen and oxygen atoms in total. The van der Waals surface area contributed by atoms with Crippen molar-refractivity contribution in [2.75, 3.05) is 40.3 Å². The fraction of sp³-hybridized carbons (Fsp3) is 0.485. The van der Waals surface area contributed by atoms with Crippen molar-refractivity contribution in [3.63, 3.8) is 0 Å². The number of piperidine rings is 2. The van der Waals surface area contributed by atoms with Crippen LogP contribution in [-0.2, 0) is 32.6 Å². The predicted octanol–water partition coefficient (Wildman–Crippen LogP) is 4.17. The number of H-pyrrole nitrogens is 1. The number of carbonyl (C=O) groups excluding carboxylic acids is 3. The molecule has 0 atom stereocenters. The summed E-state index contributed by atoms with van der Waals surface area (Å²) in [6.07, 6.45) is 13.4. The fourth-order valence-corrected chi connectivity index (χ4v) is 6.01. The largest absolute Gasteiger partial charge is 0.372 e. The Kier molecular flexibility index (Phi) is 12.9. The highest BCUT2D eigenvalue weighted by atomic mass is 16.2. The van der Waals surface area contributed by atoms with Crippen LogP contribution in [0.3, 0.4) is 0 Å². The van der Waals surface area contributed by atoms with Crippen molar-refractivity contribution in [2.24, 2.45) is 5.73 Å². The van der Waals surface area contributed by atoms with E-state index in [4.69, 9.17) is 4.79 Å². The first-order valence-corrected chi connectivity index (χ1v) is 14.8. The summed E-state index contributed by atoms with van der Waals surface area (Å²) in [7, 11) is 3.38. The van der Waals surface area contributed by atoms with Crippen LogP contribution in [0.5, 0.6) is 0 Å². The van der Waals surface area contributed by atoms with Crippen molar-refractivity contribution in [1.29, 1.82) is 0 Å². The highest BCUT2D eigenvalue weighted by Crippen LogP contribution is 2.46. The third-order valence-electron chi connectivity index (χ3n) is 8.24. The molecule has 0 radical (unpaired) electrons. The fourth-order valence-electron chi connectivity index (χ4n) is 6.01. The monoisotopic (exact) mass is 561 g/mol. The number of nitrogens with two attached hydrogens (primary N) is 1. The van der Waals surface area contributed by atoms with Gasteiger partial charge < -0.3 is 25.8 Å². The van der Waals surface area contributed by atoms with Gasteiger partial charge in [0.15, 0.2) is 0 Å². The highest BCUT2D eigenvalue weighted by Gasteiger charge is 2.41. The van der Waals surface area contributed by atoms with E-state index in [2.05, 4.69) is 69.6 Å². The predicted molar refractivity (Wildman–Crippen MR) is 166 cm³/mol. The number of rotatable bonds is 4. The van der Waals surface area contributed by atoms with Crippen LogP contribution in [-0.4, -0.2) is 73.8 Å². The van der Waals surface area contributed by atoms with Crippen LogP contribution in [0.1, 0.15) is 61.6 Å². The Balaban J connectivity index is 0.000000274. The molecule has 1 aliphatic carbocycles. The molecule has 3 aliphatic rings. The van der Waals surface area contributed by atoms with Crippen LogP contribution in [0.25, 0.3) is 10.9 Å². The number of hydrogen-bond donors (Lipinski definition) is 3. The van der Waals surface area contributed by atoms with Crippen molar-refractivity contribution < 1.29 is 14.4 Å². The van der Waals surface area contributed by atoms with E-state index < -0.39 is 0 Å². The second kappa shape index (κ2) is 16.6. The lowest BCUT2D eigenvalue weighted by Gasteiger charge is -2.40. The standard InChI is InChI=1S/C24H26N2O.C5H11N.C3H7NO.CH3NO/c27-23(10-9-19-17-25-22-8-4-2-6-20(19)22)26-15-13-24(14-16-26)12-11-18-5-1-3-7-21(18)24;1-2-4-6-5-3-1;1-4(2)3-5;2-1-3/h1-8,17,25H,9-16H2;6H,1-5H2;3H,1-2H3;1H,(H2,2,3). The second-order valence-corrected chi connectivity index (χ2v) is 11.2. The minimum Gasteiger partial charge on any atom is -0.372 e. The molecule has 1 aromatic heterocycles. The molecule has 41 heavy (non-hydrogen) atoms. The van der Waals surface area contributed by atoms with Gasteiger partial charge in [-0.2, -0.15) is 0 Å². The average molecular weight is 562 g/mol. The number of primary amides is 1. The van der Waals surface area contributed by atoms with Crippen molar-refractivity contribution in [2.45, 2.75) is 63.2 Å². The molecule has 8 heteroatoms. The van der Waals surface area contributed by atoms with Gasteiger partial charge >= 0.3 is 0 Å². The van der Waals surface area contributed by atoms with Crippen LogP contribution in [0.2, 0.25) is 0 Å². The number of benzene rings is 2. The average Bonchev–Trinajstić information content (AvgIpc) is 3.60. The molecule has 6 rings (SSSR count). The van der Waals surface area contributed by atoms with E-state index in [9.17, 15) is 9.59 Å². The van der Waals surface area contributed by atoms with Gasteiger partial charge in [0.1, 0.15) is 0 Å². The maximum Gasteiger partial charge on any atom is 0.222 e. The topological polar surface area (TPSA) is 112 Å². The molecule has 2 aliphatic heterocycles. The van der Waals surface area contributed by atoms with Crippen molar-refractivity contribution in [3.8, 4) is 0 Å². The summed E-state index contributed by atoms with van der Waals surface area (Å²) < 4.78 is 0. The Bertz CT molecular complexity index is 1210. The van der Waals surface area contributed by atoms with Crippen LogP contribution < -0.4 is 11.1 Å². The lowest BCUT2D eigenvalue weighted by atomic mass is 9.74. The van der Waals surface area contributed by atoms with Gasteiger partial charge in [-0.3, -0.25) is 14.4 Å². The smallest absolute Gasteiger partial charge is 0.222 e. The third-order valence-corrected chi connectivity index (χ3v) is 8.24. The Morgan fingerprint density at radius 3 is 2.22 bits per heavy atom. The molecule has 222 valence electrons. The van der Waals surface area contributed by atoms with Crippen LogP contribution in [0.4, 0.5) is 0 Å². The Morgan fingerprint density at radius 1 is 0.976 bits per heavy atom. The van der Waals surface area contributed by atoms with E-state index in [0.29, 0.717) is 17.7 Å². The summed E-state index contributed by atoms with van der Waals surface area (Å²) >= 11 is 0. The molecule has 0 bridgehead atoms. The number of carbonyl (C=O) groups is 3. The zero-order chi connectivity index (χ0) is 29.5. The molecule has 1 spiro atoms. The number of likely N-dealkylation sites (tertiary alicyclic amines) is 1. The molecule has 2 fully saturated rings. The van der Waals surface area contributed by atoms with Gasteiger partial charge in [-0.15, -0.1) is 0 Å². The number of aryl methyl sites for hydroxylation is 2. The van der Waals surface area contributed by atoms with E-state index in [1.165, 1.54) is 66.6 Å². The number of aromatic amines is 1. The number of para-hydroxylation sites is 1. The molecule has 3 amide bonds. The van der Waals surface area contributed by atoms with Gasteiger partial charge in [-0.05, 0) is 86.2 Å². The molecule has 4 N–H and O–H groups in total. The summed E-state index contributed by atoms with van der Waals surface area (Å²) in [4.78, 5) is 37.7. The first-order valence-electron chi connectivity index (χ1n) is 14.8. The number of nitrogens with zero attached hydrogens (tertiary/aromatic N) is 2. The Morgan fingerprint density at radius 2 is 1.61 bits per heavy atom. The summed E-state index contributed by atoms with van der Waals surface area (Å²) in [5, 5.41) is 4.53. The first kappa shape index (κ1) is 31.9. The SMILES string of the molecule is C1CCNCC1.CN(C)C=O.NC=O.O=C(CCc1c[nH]c2ccccc12)N1CCC2(CCc3ccccc32)CC1. The molecular weight excluding hydrogens is 514 g/mol. The van der Waals surface area contributed by atoms with E-state index in [1.807, 2.05) is 6.07 Å². The van der Waals surface area contributed by atoms with E-state index >= 15 is 0 Å². The summed E-state index contributed by atoms with van der Waals surface area (Å²) in [6, 6.07) is 17.2. The Hall–Kier alpha value is -3.65. The molecule has 2 saturated heterocycles. The maximum atomic E-state index is 12.8. The molecule has 0 saturated carbocycles. The number of nitrogens with one attached hydrogen (secondary N) is 2. The molecule has 0 unspecified atom stereocenters. The molecule has 2 aromatic carbocycles. The van der Waals surface area contributed by atoms with Crippen molar-refractivity contribution in [1.82, 2.24) is 20.1 Å². The second-order valence-electron chi connectivity index (χ2n) is 11.2. The minimum atomic E-state index is 0.250. The lowest BCUT2D eigenvalue weighted by Crippen LogP contribution is -2.44. The summed E-state index contributed by atoms with van der Waals surface area (Å²) in [5.41, 5.74) is 9.97. The van der Waals surface area contributed by atoms with Gasteiger partial charge in [0.2, 0.25) is 18.7 Å².